The van der Waals surface area contributed by atoms with Crippen LogP contribution in [0.5, 0.6) is 0 Å². The quantitative estimate of drug-likeness (QED) is 0.903. The van der Waals surface area contributed by atoms with E-state index in [9.17, 15) is 0 Å². The number of rotatable bonds is 3. The molecule has 1 aromatic heterocycles. The van der Waals surface area contributed by atoms with Gasteiger partial charge in [-0.3, -0.25) is 0 Å². The predicted octanol–water partition coefficient (Wildman–Crippen LogP) is 3.87. The van der Waals surface area contributed by atoms with Crippen molar-refractivity contribution in [3.05, 3.63) is 56.7 Å². The second-order valence-corrected chi connectivity index (χ2v) is 4.82. The van der Waals surface area contributed by atoms with E-state index < -0.39 is 0 Å². The lowest BCUT2D eigenvalue weighted by Crippen LogP contribution is -1.97. The molecule has 0 radical (unpaired) electrons. The summed E-state index contributed by atoms with van der Waals surface area (Å²) in [6.07, 6.45) is 0.913. The first kappa shape index (κ1) is 13.5. The van der Waals surface area contributed by atoms with E-state index in [0.29, 0.717) is 6.54 Å². The Kier molecular flexibility index (Phi) is 5.29. The van der Waals surface area contributed by atoms with Crippen LogP contribution in [0.25, 0.3) is 0 Å². The van der Waals surface area contributed by atoms with Crippen LogP contribution in [0.1, 0.15) is 16.0 Å². The van der Waals surface area contributed by atoms with E-state index in [0.717, 1.165) is 11.4 Å². The molecule has 0 bridgehead atoms. The molecule has 16 heavy (non-hydrogen) atoms. The Hall–Kier alpha value is -0.540. The maximum Gasteiger partial charge on any atom is 0.0408 e. The minimum absolute atomic E-state index is 0. The Balaban J connectivity index is 0.00000128. The number of hydrogen-bond donors (Lipinski definition) is 1. The van der Waals surface area contributed by atoms with Gasteiger partial charge in [-0.25, -0.2) is 0 Å². The van der Waals surface area contributed by atoms with Crippen molar-refractivity contribution < 1.29 is 0 Å². The summed E-state index contributed by atoms with van der Waals surface area (Å²) in [6.45, 7) is 0.619. The van der Waals surface area contributed by atoms with Gasteiger partial charge in [-0.2, -0.15) is 0 Å². The lowest BCUT2D eigenvalue weighted by atomic mass is 10.1. The van der Waals surface area contributed by atoms with Crippen molar-refractivity contribution in [1.29, 1.82) is 0 Å². The molecule has 2 rings (SSSR count). The van der Waals surface area contributed by atoms with Gasteiger partial charge in [0.05, 0.1) is 0 Å². The van der Waals surface area contributed by atoms with Crippen molar-refractivity contribution in [3.8, 4) is 0 Å². The molecule has 0 spiro atoms. The molecule has 0 aliphatic carbocycles. The van der Waals surface area contributed by atoms with Gasteiger partial charge in [-0.05, 0) is 41.1 Å². The molecule has 4 heteroatoms. The highest BCUT2D eigenvalue weighted by Crippen LogP contribution is 2.21. The SMILES string of the molecule is Cl.NCc1sccc1Cc1cccc(Cl)c1. The molecule has 86 valence electrons. The average Bonchev–Trinajstić information content (AvgIpc) is 2.65. The highest BCUT2D eigenvalue weighted by molar-refractivity contribution is 7.10. The largest absolute Gasteiger partial charge is 0.326 e. The van der Waals surface area contributed by atoms with Gasteiger partial charge in [0, 0.05) is 16.4 Å². The van der Waals surface area contributed by atoms with Crippen LogP contribution < -0.4 is 5.73 Å². The molecule has 0 unspecified atom stereocenters. The predicted molar refractivity (Wildman–Crippen MR) is 73.7 cm³/mol. The van der Waals surface area contributed by atoms with Gasteiger partial charge < -0.3 is 5.73 Å². The smallest absolute Gasteiger partial charge is 0.0408 e. The van der Waals surface area contributed by atoms with Crippen molar-refractivity contribution >= 4 is 35.3 Å². The molecule has 1 aromatic carbocycles. The summed E-state index contributed by atoms with van der Waals surface area (Å²) in [7, 11) is 0. The van der Waals surface area contributed by atoms with Crippen LogP contribution in [-0.2, 0) is 13.0 Å². The fraction of sp³-hybridized carbons (Fsp3) is 0.167. The number of nitrogens with two attached hydrogens (primary N) is 1. The lowest BCUT2D eigenvalue weighted by Gasteiger charge is -2.02. The first-order valence-corrected chi connectivity index (χ1v) is 6.05. The highest BCUT2D eigenvalue weighted by Gasteiger charge is 2.03. The van der Waals surface area contributed by atoms with E-state index in [1.165, 1.54) is 16.0 Å². The lowest BCUT2D eigenvalue weighted by molar-refractivity contribution is 1.06. The third kappa shape index (κ3) is 3.22. The Morgan fingerprint density at radius 3 is 2.75 bits per heavy atom. The van der Waals surface area contributed by atoms with Crippen LogP contribution >= 0.6 is 35.3 Å². The zero-order chi connectivity index (χ0) is 10.7. The Morgan fingerprint density at radius 2 is 2.06 bits per heavy atom. The van der Waals surface area contributed by atoms with Crippen molar-refractivity contribution in [3.63, 3.8) is 0 Å². The standard InChI is InChI=1S/C12H12ClNS.ClH/c13-11-3-1-2-9(7-11)6-10-4-5-15-12(10)8-14;/h1-5,7H,6,8,14H2;1H. The van der Waals surface area contributed by atoms with Crippen LogP contribution in [0, 0.1) is 0 Å². The van der Waals surface area contributed by atoms with Crippen molar-refractivity contribution in [1.82, 2.24) is 0 Å². The number of benzene rings is 1. The average molecular weight is 274 g/mol. The van der Waals surface area contributed by atoms with E-state index in [2.05, 4.69) is 17.5 Å². The molecule has 0 atom stereocenters. The van der Waals surface area contributed by atoms with Crippen LogP contribution in [0.3, 0.4) is 0 Å². The molecule has 0 amide bonds. The number of halogens is 2. The van der Waals surface area contributed by atoms with Crippen molar-refractivity contribution in [2.45, 2.75) is 13.0 Å². The third-order valence-electron chi connectivity index (χ3n) is 2.31. The summed E-state index contributed by atoms with van der Waals surface area (Å²) < 4.78 is 0. The summed E-state index contributed by atoms with van der Waals surface area (Å²) in [5, 5.41) is 2.87. The molecule has 1 nitrogen and oxygen atoms in total. The van der Waals surface area contributed by atoms with E-state index >= 15 is 0 Å². The molecule has 0 aliphatic heterocycles. The van der Waals surface area contributed by atoms with Crippen LogP contribution in [0.2, 0.25) is 5.02 Å². The minimum atomic E-state index is 0. The molecule has 0 fully saturated rings. The molecular formula is C12H13Cl2NS. The van der Waals surface area contributed by atoms with Crippen molar-refractivity contribution in [2.75, 3.05) is 0 Å². The van der Waals surface area contributed by atoms with Crippen LogP contribution in [0.4, 0.5) is 0 Å². The molecule has 0 saturated heterocycles. The zero-order valence-corrected chi connectivity index (χ0v) is 11.0. The van der Waals surface area contributed by atoms with Gasteiger partial charge >= 0.3 is 0 Å². The van der Waals surface area contributed by atoms with Crippen LogP contribution in [-0.4, -0.2) is 0 Å². The second kappa shape index (κ2) is 6.26. The molecule has 2 N–H and O–H groups in total. The third-order valence-corrected chi connectivity index (χ3v) is 3.53. The maximum absolute atomic E-state index is 5.94. The van der Waals surface area contributed by atoms with E-state index in [4.69, 9.17) is 17.3 Å². The zero-order valence-electron chi connectivity index (χ0n) is 8.65. The summed E-state index contributed by atoms with van der Waals surface area (Å²) in [6, 6.07) is 10.1. The highest BCUT2D eigenvalue weighted by atomic mass is 35.5. The molecule has 2 aromatic rings. The summed E-state index contributed by atoms with van der Waals surface area (Å²) in [5.41, 5.74) is 8.20. The van der Waals surface area contributed by atoms with Gasteiger partial charge in [0.15, 0.2) is 0 Å². The monoisotopic (exact) mass is 273 g/mol. The Morgan fingerprint density at radius 1 is 1.25 bits per heavy atom. The topological polar surface area (TPSA) is 26.0 Å². The fourth-order valence-electron chi connectivity index (χ4n) is 1.57. The van der Waals surface area contributed by atoms with E-state index in [1.54, 1.807) is 11.3 Å². The number of hydrogen-bond acceptors (Lipinski definition) is 2. The normalized spacial score (nSPS) is 9.88. The van der Waals surface area contributed by atoms with E-state index in [1.807, 2.05) is 18.2 Å². The Bertz CT molecular complexity index is 454. The molecular weight excluding hydrogens is 261 g/mol. The first-order valence-electron chi connectivity index (χ1n) is 4.79. The molecule has 0 aliphatic rings. The van der Waals surface area contributed by atoms with Crippen molar-refractivity contribution in [2.24, 2.45) is 5.73 Å². The van der Waals surface area contributed by atoms with E-state index in [-0.39, 0.29) is 12.4 Å². The summed E-state index contributed by atoms with van der Waals surface area (Å²) in [4.78, 5) is 1.26. The van der Waals surface area contributed by atoms with Gasteiger partial charge in [0.2, 0.25) is 0 Å². The summed E-state index contributed by atoms with van der Waals surface area (Å²) >= 11 is 7.65. The van der Waals surface area contributed by atoms with Gasteiger partial charge in [-0.1, -0.05) is 23.7 Å². The minimum Gasteiger partial charge on any atom is -0.326 e. The van der Waals surface area contributed by atoms with Gasteiger partial charge in [-0.15, -0.1) is 23.7 Å². The summed E-state index contributed by atoms with van der Waals surface area (Å²) in [5.74, 6) is 0. The Labute approximate surface area is 111 Å². The number of thiophene rings is 1. The first-order chi connectivity index (χ1) is 7.29. The maximum atomic E-state index is 5.94. The molecule has 1 heterocycles. The molecule has 0 saturated carbocycles. The fourth-order valence-corrected chi connectivity index (χ4v) is 2.57. The van der Waals surface area contributed by atoms with Gasteiger partial charge in [0.1, 0.15) is 0 Å². The second-order valence-electron chi connectivity index (χ2n) is 3.38. The van der Waals surface area contributed by atoms with Gasteiger partial charge in [0.25, 0.3) is 0 Å². The van der Waals surface area contributed by atoms with Crippen LogP contribution in [0.15, 0.2) is 35.7 Å².